The lowest BCUT2D eigenvalue weighted by Crippen LogP contribution is -2.39. The van der Waals surface area contributed by atoms with Gasteiger partial charge in [0.25, 0.3) is 5.56 Å². The van der Waals surface area contributed by atoms with E-state index in [0.29, 0.717) is 17.0 Å². The highest BCUT2D eigenvalue weighted by atomic mass is 16.5. The zero-order chi connectivity index (χ0) is 25.1. The highest BCUT2D eigenvalue weighted by molar-refractivity contribution is 6.08. The molecule has 0 bridgehead atoms. The minimum absolute atomic E-state index is 0.231. The molecule has 0 aliphatic rings. The van der Waals surface area contributed by atoms with Crippen molar-refractivity contribution in [2.45, 2.75) is 13.5 Å². The fraction of sp³-hybridized carbons (Fsp3) is 0.160. The molecule has 0 spiro atoms. The predicted molar refractivity (Wildman–Crippen MR) is 129 cm³/mol. The third kappa shape index (κ3) is 4.96. The molecule has 0 fully saturated rings. The number of nitrogens with zero attached hydrogens (tertiary/aromatic N) is 5. The van der Waals surface area contributed by atoms with Crippen LogP contribution in [0.2, 0.25) is 0 Å². The van der Waals surface area contributed by atoms with Crippen molar-refractivity contribution in [1.82, 2.24) is 24.1 Å². The fourth-order valence-corrected chi connectivity index (χ4v) is 3.40. The molecular formula is C25H23N5O5. The predicted octanol–water partition coefficient (Wildman–Crippen LogP) is 2.15. The summed E-state index contributed by atoms with van der Waals surface area (Å²) in [7, 11) is 2.52. The Morgan fingerprint density at radius 2 is 1.83 bits per heavy atom. The van der Waals surface area contributed by atoms with Gasteiger partial charge in [0, 0.05) is 14.1 Å². The molecule has 4 rings (SSSR count). The molecular weight excluding hydrogens is 450 g/mol. The van der Waals surface area contributed by atoms with Gasteiger partial charge in [-0.05, 0) is 48.4 Å². The number of ketones is 1. The summed E-state index contributed by atoms with van der Waals surface area (Å²) >= 11 is 0. The third-order valence-electron chi connectivity index (χ3n) is 5.38. The van der Waals surface area contributed by atoms with Gasteiger partial charge in [-0.15, -0.1) is 5.10 Å². The Labute approximate surface area is 200 Å². The van der Waals surface area contributed by atoms with Gasteiger partial charge >= 0.3 is 5.69 Å². The van der Waals surface area contributed by atoms with Gasteiger partial charge < -0.3 is 9.84 Å². The zero-order valence-electron chi connectivity index (χ0n) is 19.4. The monoisotopic (exact) mass is 473 g/mol. The van der Waals surface area contributed by atoms with E-state index in [4.69, 9.17) is 4.74 Å². The normalized spacial score (nSPS) is 11.2. The van der Waals surface area contributed by atoms with Crippen molar-refractivity contribution in [3.8, 4) is 17.3 Å². The smallest absolute Gasteiger partial charge is 0.333 e. The second-order valence-corrected chi connectivity index (χ2v) is 7.95. The summed E-state index contributed by atoms with van der Waals surface area (Å²) in [6, 6.07) is 14.9. The first kappa shape index (κ1) is 23.4. The fourth-order valence-electron chi connectivity index (χ4n) is 3.40. The van der Waals surface area contributed by atoms with E-state index in [1.54, 1.807) is 35.1 Å². The maximum absolute atomic E-state index is 12.5. The quantitative estimate of drug-likeness (QED) is 0.322. The Kier molecular flexibility index (Phi) is 6.45. The molecule has 0 saturated heterocycles. The molecule has 10 heteroatoms. The van der Waals surface area contributed by atoms with Gasteiger partial charge in [0.1, 0.15) is 23.6 Å². The number of aromatic nitrogens is 5. The van der Waals surface area contributed by atoms with Crippen molar-refractivity contribution in [3.05, 3.63) is 104 Å². The first-order valence-electron chi connectivity index (χ1n) is 10.7. The van der Waals surface area contributed by atoms with Crippen molar-refractivity contribution < 1.29 is 14.6 Å². The third-order valence-corrected chi connectivity index (χ3v) is 5.38. The van der Waals surface area contributed by atoms with Crippen molar-refractivity contribution in [3.63, 3.8) is 0 Å². The van der Waals surface area contributed by atoms with Crippen LogP contribution < -0.4 is 16.0 Å². The maximum Gasteiger partial charge on any atom is 0.333 e. The standard InChI is InChI=1S/C25H23N5O5/c1-16-5-4-6-19(13-16)30-14-18(26-27-30)15-35-20-10-7-17(8-11-20)9-12-21(31)22-23(32)28(2)25(34)29(3)24(22)33/h4-14,32H,15H2,1-3H3/b12-9+. The van der Waals surface area contributed by atoms with Crippen LogP contribution in [0.25, 0.3) is 11.8 Å². The van der Waals surface area contributed by atoms with Gasteiger partial charge in [0.05, 0.1) is 11.9 Å². The van der Waals surface area contributed by atoms with Crippen LogP contribution in [-0.2, 0) is 20.7 Å². The summed E-state index contributed by atoms with van der Waals surface area (Å²) in [5.41, 5.74) is 1.34. The maximum atomic E-state index is 12.5. The molecule has 0 unspecified atom stereocenters. The molecule has 0 saturated carbocycles. The Hall–Kier alpha value is -4.73. The van der Waals surface area contributed by atoms with E-state index in [1.165, 1.54) is 26.2 Å². The number of ether oxygens (including phenoxy) is 1. The Morgan fingerprint density at radius 3 is 2.54 bits per heavy atom. The van der Waals surface area contributed by atoms with Crippen LogP contribution in [-0.4, -0.2) is 35.0 Å². The van der Waals surface area contributed by atoms with Crippen LogP contribution in [0.1, 0.15) is 27.2 Å². The van der Waals surface area contributed by atoms with Gasteiger partial charge in [-0.2, -0.15) is 0 Å². The van der Waals surface area contributed by atoms with Crippen LogP contribution in [0, 0.1) is 6.92 Å². The number of carbonyl (C=O) groups excluding carboxylic acids is 1. The molecule has 2 heterocycles. The molecule has 0 amide bonds. The van der Waals surface area contributed by atoms with Gasteiger partial charge in [-0.1, -0.05) is 35.6 Å². The van der Waals surface area contributed by atoms with E-state index in [1.807, 2.05) is 31.2 Å². The molecule has 2 aromatic heterocycles. The van der Waals surface area contributed by atoms with Crippen LogP contribution >= 0.6 is 0 Å². The van der Waals surface area contributed by atoms with E-state index < -0.39 is 28.5 Å². The first-order valence-corrected chi connectivity index (χ1v) is 10.7. The topological polar surface area (TPSA) is 121 Å². The SMILES string of the molecule is Cc1cccc(-n2cc(COc3ccc(/C=C/C(=O)c4c(O)n(C)c(=O)n(C)c4=O)cc3)nn2)c1. The number of hydrogen-bond donors (Lipinski definition) is 1. The van der Waals surface area contributed by atoms with Gasteiger partial charge in [0.15, 0.2) is 5.78 Å². The highest BCUT2D eigenvalue weighted by Gasteiger charge is 2.19. The lowest BCUT2D eigenvalue weighted by atomic mass is 10.1. The van der Waals surface area contributed by atoms with Crippen molar-refractivity contribution in [2.24, 2.45) is 14.1 Å². The number of allylic oxidation sites excluding steroid dienone is 1. The molecule has 10 nitrogen and oxygen atoms in total. The van der Waals surface area contributed by atoms with Crippen molar-refractivity contribution >= 4 is 11.9 Å². The molecule has 0 radical (unpaired) electrons. The number of rotatable bonds is 7. The van der Waals surface area contributed by atoms with Crippen LogP contribution in [0.4, 0.5) is 0 Å². The summed E-state index contributed by atoms with van der Waals surface area (Å²) < 4.78 is 9.07. The van der Waals surface area contributed by atoms with Gasteiger partial charge in [-0.3, -0.25) is 18.7 Å². The summed E-state index contributed by atoms with van der Waals surface area (Å²) in [4.78, 5) is 36.6. The highest BCUT2D eigenvalue weighted by Crippen LogP contribution is 2.16. The number of benzene rings is 2. The molecule has 1 N–H and O–H groups in total. The lowest BCUT2D eigenvalue weighted by molar-refractivity contribution is 0.104. The van der Waals surface area contributed by atoms with E-state index in [2.05, 4.69) is 10.3 Å². The molecule has 0 atom stereocenters. The molecule has 0 aliphatic carbocycles. The van der Waals surface area contributed by atoms with Crippen LogP contribution in [0.5, 0.6) is 11.6 Å². The lowest BCUT2D eigenvalue weighted by Gasteiger charge is -2.08. The number of hydrogen-bond acceptors (Lipinski definition) is 7. The minimum atomic E-state index is -0.858. The second kappa shape index (κ2) is 9.64. The average molecular weight is 473 g/mol. The Balaban J connectivity index is 1.41. The number of aryl methyl sites for hydroxylation is 1. The minimum Gasteiger partial charge on any atom is -0.494 e. The van der Waals surface area contributed by atoms with Crippen molar-refractivity contribution in [1.29, 1.82) is 0 Å². The van der Waals surface area contributed by atoms with Gasteiger partial charge in [-0.25, -0.2) is 9.48 Å². The Morgan fingerprint density at radius 1 is 1.09 bits per heavy atom. The molecule has 35 heavy (non-hydrogen) atoms. The number of carbonyl (C=O) groups is 1. The summed E-state index contributed by atoms with van der Waals surface area (Å²) in [5.74, 6) is -0.783. The van der Waals surface area contributed by atoms with E-state index in [0.717, 1.165) is 20.4 Å². The largest absolute Gasteiger partial charge is 0.494 e. The van der Waals surface area contributed by atoms with E-state index in [-0.39, 0.29) is 6.61 Å². The van der Waals surface area contributed by atoms with Crippen LogP contribution in [0.3, 0.4) is 0 Å². The molecule has 178 valence electrons. The summed E-state index contributed by atoms with van der Waals surface area (Å²) in [6.45, 7) is 2.24. The first-order chi connectivity index (χ1) is 16.7. The van der Waals surface area contributed by atoms with E-state index in [9.17, 15) is 19.5 Å². The van der Waals surface area contributed by atoms with Gasteiger partial charge in [0.2, 0.25) is 5.88 Å². The van der Waals surface area contributed by atoms with Crippen LogP contribution in [0.15, 0.2) is 70.4 Å². The average Bonchev–Trinajstić information content (AvgIpc) is 3.34. The molecule has 2 aromatic carbocycles. The summed E-state index contributed by atoms with van der Waals surface area (Å²) in [5, 5.41) is 18.4. The molecule has 0 aliphatic heterocycles. The Bertz CT molecular complexity index is 1540. The van der Waals surface area contributed by atoms with E-state index >= 15 is 0 Å². The summed E-state index contributed by atoms with van der Waals surface area (Å²) in [6.07, 6.45) is 4.47. The number of aromatic hydroxyl groups is 1. The van der Waals surface area contributed by atoms with Crippen molar-refractivity contribution in [2.75, 3.05) is 0 Å². The molecule has 4 aromatic rings. The zero-order valence-corrected chi connectivity index (χ0v) is 19.4. The second-order valence-electron chi connectivity index (χ2n) is 7.95.